The lowest BCUT2D eigenvalue weighted by Gasteiger charge is -2.30. The predicted molar refractivity (Wildman–Crippen MR) is 97.8 cm³/mol. The number of hydrogen-bond donors (Lipinski definition) is 1. The molecule has 0 bridgehead atoms. The molecule has 2 aromatic carbocycles. The highest BCUT2D eigenvalue weighted by Gasteiger charge is 2.19. The summed E-state index contributed by atoms with van der Waals surface area (Å²) < 4.78 is 3.66. The molecule has 5 heteroatoms. The SMILES string of the molecule is Cn1c(=O)n(Cc2ccccc2)c2cccc(N3CCNCC3)c21. The summed E-state index contributed by atoms with van der Waals surface area (Å²) in [5, 5.41) is 3.38. The number of nitrogens with one attached hydrogen (secondary N) is 1. The van der Waals surface area contributed by atoms with Crippen LogP contribution in [0.5, 0.6) is 0 Å². The highest BCUT2D eigenvalue weighted by atomic mass is 16.1. The van der Waals surface area contributed by atoms with Gasteiger partial charge in [-0.1, -0.05) is 36.4 Å². The number of rotatable bonds is 3. The molecule has 0 atom stereocenters. The van der Waals surface area contributed by atoms with Gasteiger partial charge in [-0.05, 0) is 17.7 Å². The highest BCUT2D eigenvalue weighted by Crippen LogP contribution is 2.26. The first-order chi connectivity index (χ1) is 11.8. The number of piperazine rings is 1. The van der Waals surface area contributed by atoms with Gasteiger partial charge in [0.25, 0.3) is 0 Å². The first-order valence-electron chi connectivity index (χ1n) is 8.43. The summed E-state index contributed by atoms with van der Waals surface area (Å²) in [6.45, 7) is 4.50. The molecule has 124 valence electrons. The highest BCUT2D eigenvalue weighted by molar-refractivity contribution is 5.89. The molecule has 0 radical (unpaired) electrons. The van der Waals surface area contributed by atoms with Crippen LogP contribution in [0.1, 0.15) is 5.56 Å². The lowest BCUT2D eigenvalue weighted by Crippen LogP contribution is -2.43. The van der Waals surface area contributed by atoms with Crippen molar-refractivity contribution in [3.8, 4) is 0 Å². The van der Waals surface area contributed by atoms with Gasteiger partial charge in [0, 0.05) is 33.2 Å². The van der Waals surface area contributed by atoms with E-state index in [1.807, 2.05) is 35.9 Å². The van der Waals surface area contributed by atoms with Crippen LogP contribution in [0.15, 0.2) is 53.3 Å². The molecule has 0 saturated carbocycles. The first-order valence-corrected chi connectivity index (χ1v) is 8.43. The number of anilines is 1. The van der Waals surface area contributed by atoms with Crippen molar-refractivity contribution >= 4 is 16.7 Å². The summed E-state index contributed by atoms with van der Waals surface area (Å²) in [4.78, 5) is 15.2. The summed E-state index contributed by atoms with van der Waals surface area (Å²) in [5.74, 6) is 0. The van der Waals surface area contributed by atoms with Gasteiger partial charge in [0.05, 0.1) is 23.3 Å². The van der Waals surface area contributed by atoms with Crippen LogP contribution in [0.25, 0.3) is 11.0 Å². The molecule has 1 N–H and O–H groups in total. The zero-order valence-electron chi connectivity index (χ0n) is 13.9. The van der Waals surface area contributed by atoms with E-state index in [0.29, 0.717) is 6.54 Å². The predicted octanol–water partition coefficient (Wildman–Crippen LogP) is 1.80. The van der Waals surface area contributed by atoms with E-state index < -0.39 is 0 Å². The molecule has 0 aliphatic carbocycles. The molecule has 0 unspecified atom stereocenters. The molecule has 2 heterocycles. The Balaban J connectivity index is 1.84. The molecule has 0 spiro atoms. The third-order valence-electron chi connectivity index (χ3n) is 4.78. The van der Waals surface area contributed by atoms with Crippen LogP contribution in [0.2, 0.25) is 0 Å². The number of imidazole rings is 1. The Labute approximate surface area is 141 Å². The number of para-hydroxylation sites is 1. The summed E-state index contributed by atoms with van der Waals surface area (Å²) in [6.07, 6.45) is 0. The number of benzene rings is 2. The summed E-state index contributed by atoms with van der Waals surface area (Å²) >= 11 is 0. The van der Waals surface area contributed by atoms with Crippen molar-refractivity contribution in [3.63, 3.8) is 0 Å². The second-order valence-corrected chi connectivity index (χ2v) is 6.30. The normalized spacial score (nSPS) is 15.1. The zero-order valence-corrected chi connectivity index (χ0v) is 13.9. The van der Waals surface area contributed by atoms with Crippen molar-refractivity contribution in [2.75, 3.05) is 31.1 Å². The fraction of sp³-hybridized carbons (Fsp3) is 0.316. The summed E-state index contributed by atoms with van der Waals surface area (Å²) in [5.41, 5.74) is 4.36. The molecule has 0 amide bonds. The first kappa shape index (κ1) is 15.0. The number of nitrogens with zero attached hydrogens (tertiary/aromatic N) is 3. The van der Waals surface area contributed by atoms with E-state index in [4.69, 9.17) is 0 Å². The van der Waals surface area contributed by atoms with E-state index in [0.717, 1.165) is 48.5 Å². The van der Waals surface area contributed by atoms with Gasteiger partial charge in [-0.2, -0.15) is 0 Å². The minimum atomic E-state index is 0.0384. The fourth-order valence-corrected chi connectivity index (χ4v) is 3.54. The van der Waals surface area contributed by atoms with E-state index in [1.54, 1.807) is 4.57 Å². The average Bonchev–Trinajstić information content (AvgIpc) is 2.88. The van der Waals surface area contributed by atoms with Crippen LogP contribution in [0, 0.1) is 0 Å². The van der Waals surface area contributed by atoms with Gasteiger partial charge in [0.2, 0.25) is 0 Å². The Kier molecular flexibility index (Phi) is 3.86. The van der Waals surface area contributed by atoms with Gasteiger partial charge < -0.3 is 10.2 Å². The quantitative estimate of drug-likeness (QED) is 0.799. The van der Waals surface area contributed by atoms with E-state index in [9.17, 15) is 4.79 Å². The standard InChI is InChI=1S/C19H22N4O/c1-21-18-16(22-12-10-20-11-13-22)8-5-9-17(18)23(19(21)24)14-15-6-3-2-4-7-15/h2-9,20H,10-14H2,1H3. The Bertz CT molecular complexity index is 904. The molecule has 24 heavy (non-hydrogen) atoms. The van der Waals surface area contributed by atoms with E-state index in [2.05, 4.69) is 34.5 Å². The van der Waals surface area contributed by atoms with E-state index >= 15 is 0 Å². The molecule has 3 aromatic rings. The molecule has 1 aliphatic heterocycles. The van der Waals surface area contributed by atoms with Crippen LogP contribution in [0.4, 0.5) is 5.69 Å². The van der Waals surface area contributed by atoms with Gasteiger partial charge in [0.15, 0.2) is 0 Å². The Morgan fingerprint density at radius 3 is 2.50 bits per heavy atom. The molecule has 1 aromatic heterocycles. The van der Waals surface area contributed by atoms with Crippen LogP contribution in [0.3, 0.4) is 0 Å². The molecule has 1 fully saturated rings. The van der Waals surface area contributed by atoms with Crippen molar-refractivity contribution in [2.45, 2.75) is 6.54 Å². The third kappa shape index (κ3) is 2.51. The largest absolute Gasteiger partial charge is 0.367 e. The van der Waals surface area contributed by atoms with Gasteiger partial charge in [0.1, 0.15) is 0 Å². The second-order valence-electron chi connectivity index (χ2n) is 6.30. The minimum absolute atomic E-state index is 0.0384. The van der Waals surface area contributed by atoms with E-state index in [1.165, 1.54) is 0 Å². The van der Waals surface area contributed by atoms with Crippen molar-refractivity contribution < 1.29 is 0 Å². The third-order valence-corrected chi connectivity index (χ3v) is 4.78. The number of aryl methyl sites for hydroxylation is 1. The van der Waals surface area contributed by atoms with Crippen LogP contribution >= 0.6 is 0 Å². The maximum absolute atomic E-state index is 12.8. The smallest absolute Gasteiger partial charge is 0.329 e. The van der Waals surface area contributed by atoms with Crippen LogP contribution < -0.4 is 15.9 Å². The number of aromatic nitrogens is 2. The summed E-state index contributed by atoms with van der Waals surface area (Å²) in [6, 6.07) is 16.4. The van der Waals surface area contributed by atoms with Crippen molar-refractivity contribution in [2.24, 2.45) is 7.05 Å². The molecular weight excluding hydrogens is 300 g/mol. The molecule has 1 aliphatic rings. The topological polar surface area (TPSA) is 42.2 Å². The van der Waals surface area contributed by atoms with Crippen molar-refractivity contribution in [3.05, 3.63) is 64.6 Å². The van der Waals surface area contributed by atoms with Gasteiger partial charge in [-0.15, -0.1) is 0 Å². The monoisotopic (exact) mass is 322 g/mol. The minimum Gasteiger partial charge on any atom is -0.367 e. The Hall–Kier alpha value is -2.53. The number of hydrogen-bond acceptors (Lipinski definition) is 3. The molecule has 5 nitrogen and oxygen atoms in total. The molecular formula is C19H22N4O. The Morgan fingerprint density at radius 2 is 1.75 bits per heavy atom. The maximum Gasteiger partial charge on any atom is 0.329 e. The van der Waals surface area contributed by atoms with Crippen LogP contribution in [-0.4, -0.2) is 35.3 Å². The Morgan fingerprint density at radius 1 is 1.00 bits per heavy atom. The molecule has 1 saturated heterocycles. The van der Waals surface area contributed by atoms with Gasteiger partial charge >= 0.3 is 5.69 Å². The van der Waals surface area contributed by atoms with Crippen LogP contribution in [-0.2, 0) is 13.6 Å². The van der Waals surface area contributed by atoms with Gasteiger partial charge in [-0.3, -0.25) is 9.13 Å². The summed E-state index contributed by atoms with van der Waals surface area (Å²) in [7, 11) is 1.87. The zero-order chi connectivity index (χ0) is 16.5. The maximum atomic E-state index is 12.8. The lowest BCUT2D eigenvalue weighted by molar-refractivity contribution is 0.589. The van der Waals surface area contributed by atoms with Crippen molar-refractivity contribution in [1.29, 1.82) is 0 Å². The lowest BCUT2D eigenvalue weighted by atomic mass is 10.2. The van der Waals surface area contributed by atoms with Crippen molar-refractivity contribution in [1.82, 2.24) is 14.5 Å². The molecule has 4 rings (SSSR count). The number of fused-ring (bicyclic) bond motifs is 1. The second kappa shape index (κ2) is 6.17. The van der Waals surface area contributed by atoms with Gasteiger partial charge in [-0.25, -0.2) is 4.79 Å². The average molecular weight is 322 g/mol. The van der Waals surface area contributed by atoms with E-state index in [-0.39, 0.29) is 5.69 Å². The fourth-order valence-electron chi connectivity index (χ4n) is 3.54.